The number of hydrogen-bond donors (Lipinski definition) is 2. The SMILES string of the molecule is NCc1ccc(S(=O)(=O)Nc2cc(F)ccc2Br)cc1. The Balaban J connectivity index is 2.32. The lowest BCUT2D eigenvalue weighted by molar-refractivity contribution is 0.601. The Hall–Kier alpha value is -1.44. The minimum absolute atomic E-state index is 0.0888. The van der Waals surface area contributed by atoms with Crippen molar-refractivity contribution in [3.63, 3.8) is 0 Å². The van der Waals surface area contributed by atoms with Crippen LogP contribution in [0.3, 0.4) is 0 Å². The van der Waals surface area contributed by atoms with E-state index in [0.717, 1.165) is 11.6 Å². The normalized spacial score (nSPS) is 11.3. The molecule has 2 aromatic carbocycles. The zero-order valence-corrected chi connectivity index (χ0v) is 12.7. The number of nitrogens with two attached hydrogens (primary N) is 1. The van der Waals surface area contributed by atoms with Gasteiger partial charge < -0.3 is 5.73 Å². The molecule has 4 nitrogen and oxygen atoms in total. The van der Waals surface area contributed by atoms with E-state index in [2.05, 4.69) is 20.7 Å². The summed E-state index contributed by atoms with van der Waals surface area (Å²) in [6, 6.07) is 9.96. The van der Waals surface area contributed by atoms with Crippen LogP contribution in [0.15, 0.2) is 51.8 Å². The van der Waals surface area contributed by atoms with Gasteiger partial charge in [-0.2, -0.15) is 0 Å². The number of nitrogens with one attached hydrogen (secondary N) is 1. The molecule has 106 valence electrons. The summed E-state index contributed by atoms with van der Waals surface area (Å²) in [4.78, 5) is 0.0888. The fourth-order valence-corrected chi connectivity index (χ4v) is 3.13. The third kappa shape index (κ3) is 3.36. The van der Waals surface area contributed by atoms with Crippen molar-refractivity contribution in [2.45, 2.75) is 11.4 Å². The molecule has 20 heavy (non-hydrogen) atoms. The van der Waals surface area contributed by atoms with E-state index >= 15 is 0 Å². The van der Waals surface area contributed by atoms with Gasteiger partial charge in [0.2, 0.25) is 0 Å². The van der Waals surface area contributed by atoms with Gasteiger partial charge in [0.05, 0.1) is 10.6 Å². The molecule has 0 spiro atoms. The van der Waals surface area contributed by atoms with Crippen LogP contribution in [-0.2, 0) is 16.6 Å². The Labute approximate surface area is 125 Å². The van der Waals surface area contributed by atoms with E-state index < -0.39 is 15.8 Å². The standard InChI is InChI=1S/C13H12BrFN2O2S/c14-12-6-3-10(15)7-13(12)17-20(18,19)11-4-1-9(8-16)2-5-11/h1-7,17H,8,16H2. The van der Waals surface area contributed by atoms with Gasteiger partial charge in [-0.3, -0.25) is 4.72 Å². The first-order valence-corrected chi connectivity index (χ1v) is 7.97. The molecule has 0 aromatic heterocycles. The second-order valence-electron chi connectivity index (χ2n) is 4.08. The van der Waals surface area contributed by atoms with E-state index in [9.17, 15) is 12.8 Å². The molecule has 0 unspecified atom stereocenters. The highest BCUT2D eigenvalue weighted by molar-refractivity contribution is 9.10. The van der Waals surface area contributed by atoms with Crippen LogP contribution < -0.4 is 10.5 Å². The van der Waals surface area contributed by atoms with Gasteiger partial charge in [0.15, 0.2) is 0 Å². The topological polar surface area (TPSA) is 72.2 Å². The predicted octanol–water partition coefficient (Wildman–Crippen LogP) is 2.85. The van der Waals surface area contributed by atoms with Crippen LogP contribution in [-0.4, -0.2) is 8.42 Å². The number of benzene rings is 2. The van der Waals surface area contributed by atoms with Crippen LogP contribution in [0.1, 0.15) is 5.56 Å². The van der Waals surface area contributed by atoms with Gasteiger partial charge in [-0.15, -0.1) is 0 Å². The summed E-state index contributed by atoms with van der Waals surface area (Å²) in [5.74, 6) is -0.524. The van der Waals surface area contributed by atoms with Gasteiger partial charge in [-0.1, -0.05) is 12.1 Å². The van der Waals surface area contributed by atoms with E-state index in [-0.39, 0.29) is 10.6 Å². The average molecular weight is 359 g/mol. The lowest BCUT2D eigenvalue weighted by Gasteiger charge is -2.10. The van der Waals surface area contributed by atoms with Crippen molar-refractivity contribution in [1.29, 1.82) is 0 Å². The zero-order valence-electron chi connectivity index (χ0n) is 10.3. The summed E-state index contributed by atoms with van der Waals surface area (Å²) >= 11 is 3.17. The van der Waals surface area contributed by atoms with Crippen LogP contribution >= 0.6 is 15.9 Å². The molecule has 0 aliphatic rings. The van der Waals surface area contributed by atoms with Gasteiger partial charge in [0, 0.05) is 11.0 Å². The van der Waals surface area contributed by atoms with Crippen molar-refractivity contribution in [3.8, 4) is 0 Å². The quantitative estimate of drug-likeness (QED) is 0.882. The molecule has 3 N–H and O–H groups in total. The van der Waals surface area contributed by atoms with E-state index in [1.165, 1.54) is 24.3 Å². The van der Waals surface area contributed by atoms with Crippen LogP contribution in [0.2, 0.25) is 0 Å². The maximum absolute atomic E-state index is 13.2. The highest BCUT2D eigenvalue weighted by Gasteiger charge is 2.15. The fourth-order valence-electron chi connectivity index (χ4n) is 1.58. The number of halogens is 2. The summed E-state index contributed by atoms with van der Waals surface area (Å²) < 4.78 is 40.3. The summed E-state index contributed by atoms with van der Waals surface area (Å²) in [5, 5.41) is 0. The Morgan fingerprint density at radius 2 is 1.80 bits per heavy atom. The molecule has 2 rings (SSSR count). The minimum Gasteiger partial charge on any atom is -0.326 e. The Morgan fingerprint density at radius 1 is 1.15 bits per heavy atom. The maximum atomic E-state index is 13.2. The third-order valence-electron chi connectivity index (χ3n) is 2.64. The first kappa shape index (κ1) is 15.0. The Kier molecular flexibility index (Phi) is 4.42. The van der Waals surface area contributed by atoms with E-state index in [1.54, 1.807) is 12.1 Å². The predicted molar refractivity (Wildman–Crippen MR) is 79.2 cm³/mol. The molecule has 2 aromatic rings. The molecule has 0 bridgehead atoms. The van der Waals surface area contributed by atoms with E-state index in [0.29, 0.717) is 11.0 Å². The average Bonchev–Trinajstić information content (AvgIpc) is 2.43. The van der Waals surface area contributed by atoms with Crippen molar-refractivity contribution in [2.75, 3.05) is 4.72 Å². The number of hydrogen-bond acceptors (Lipinski definition) is 3. The molecule has 0 fully saturated rings. The minimum atomic E-state index is -3.77. The number of sulfonamides is 1. The lowest BCUT2D eigenvalue weighted by atomic mass is 10.2. The highest BCUT2D eigenvalue weighted by Crippen LogP contribution is 2.25. The zero-order chi connectivity index (χ0) is 14.8. The van der Waals surface area contributed by atoms with Crippen molar-refractivity contribution < 1.29 is 12.8 Å². The molecule has 0 saturated heterocycles. The van der Waals surface area contributed by atoms with Gasteiger partial charge in [-0.25, -0.2) is 12.8 Å². The van der Waals surface area contributed by atoms with Crippen LogP contribution in [0.5, 0.6) is 0 Å². The second kappa shape index (κ2) is 5.90. The van der Waals surface area contributed by atoms with E-state index in [1.807, 2.05) is 0 Å². The van der Waals surface area contributed by atoms with Crippen LogP contribution in [0.4, 0.5) is 10.1 Å². The molecule has 0 saturated carbocycles. The largest absolute Gasteiger partial charge is 0.326 e. The number of rotatable bonds is 4. The summed E-state index contributed by atoms with van der Waals surface area (Å²) in [6.07, 6.45) is 0. The van der Waals surface area contributed by atoms with E-state index in [4.69, 9.17) is 5.73 Å². The van der Waals surface area contributed by atoms with Gasteiger partial charge >= 0.3 is 0 Å². The maximum Gasteiger partial charge on any atom is 0.261 e. The van der Waals surface area contributed by atoms with Gasteiger partial charge in [-0.05, 0) is 51.8 Å². The van der Waals surface area contributed by atoms with Crippen molar-refractivity contribution in [3.05, 3.63) is 58.3 Å². The monoisotopic (exact) mass is 358 g/mol. The molecule has 0 aliphatic carbocycles. The lowest BCUT2D eigenvalue weighted by Crippen LogP contribution is -2.13. The molecule has 0 atom stereocenters. The first-order valence-electron chi connectivity index (χ1n) is 5.69. The molecule has 0 aliphatic heterocycles. The molecule has 7 heteroatoms. The number of anilines is 1. The smallest absolute Gasteiger partial charge is 0.261 e. The fraction of sp³-hybridized carbons (Fsp3) is 0.0769. The van der Waals surface area contributed by atoms with Gasteiger partial charge in [0.25, 0.3) is 10.0 Å². The molecule has 0 radical (unpaired) electrons. The third-order valence-corrected chi connectivity index (χ3v) is 4.71. The molecular formula is C13H12BrFN2O2S. The second-order valence-corrected chi connectivity index (χ2v) is 6.61. The van der Waals surface area contributed by atoms with Crippen LogP contribution in [0.25, 0.3) is 0 Å². The molecule has 0 heterocycles. The van der Waals surface area contributed by atoms with Crippen molar-refractivity contribution >= 4 is 31.6 Å². The first-order chi connectivity index (χ1) is 9.42. The molecular weight excluding hydrogens is 347 g/mol. The van der Waals surface area contributed by atoms with Crippen molar-refractivity contribution in [1.82, 2.24) is 0 Å². The van der Waals surface area contributed by atoms with Crippen molar-refractivity contribution in [2.24, 2.45) is 5.73 Å². The van der Waals surface area contributed by atoms with Crippen LogP contribution in [0, 0.1) is 5.82 Å². The Bertz CT molecular complexity index is 718. The Morgan fingerprint density at radius 3 is 2.40 bits per heavy atom. The van der Waals surface area contributed by atoms with Gasteiger partial charge in [0.1, 0.15) is 5.82 Å². The summed E-state index contributed by atoms with van der Waals surface area (Å²) in [5.41, 5.74) is 6.43. The summed E-state index contributed by atoms with van der Waals surface area (Å²) in [7, 11) is -3.77. The highest BCUT2D eigenvalue weighted by atomic mass is 79.9. The molecule has 0 amide bonds. The summed E-state index contributed by atoms with van der Waals surface area (Å²) in [6.45, 7) is 0.337.